The van der Waals surface area contributed by atoms with Crippen LogP contribution < -0.4 is 5.32 Å². The second kappa shape index (κ2) is 6.81. The van der Waals surface area contributed by atoms with Crippen LogP contribution in [0.1, 0.15) is 30.0 Å². The van der Waals surface area contributed by atoms with E-state index < -0.39 is 0 Å². The monoisotopic (exact) mass is 289 g/mol. The molecule has 0 spiro atoms. The van der Waals surface area contributed by atoms with Crippen molar-refractivity contribution in [3.05, 3.63) is 58.7 Å². The molecule has 112 valence electrons. The summed E-state index contributed by atoms with van der Waals surface area (Å²) >= 11 is 0. The Hall–Kier alpha value is -1.74. The second-order valence-corrected chi connectivity index (χ2v) is 5.40. The molecule has 0 unspecified atom stereocenters. The summed E-state index contributed by atoms with van der Waals surface area (Å²) < 4.78 is 27.3. The van der Waals surface area contributed by atoms with E-state index in [0.717, 1.165) is 35.2 Å². The Kier molecular flexibility index (Phi) is 5.07. The summed E-state index contributed by atoms with van der Waals surface area (Å²) in [6.45, 7) is 7.20. The maximum Gasteiger partial charge on any atom is 0.127 e. The number of nitrogens with one attached hydrogen (secondary N) is 1. The number of benzene rings is 2. The molecule has 0 amide bonds. The van der Waals surface area contributed by atoms with E-state index in [1.165, 1.54) is 18.2 Å². The Bertz CT molecular complexity index is 612. The van der Waals surface area contributed by atoms with Gasteiger partial charge in [-0.2, -0.15) is 0 Å². The van der Waals surface area contributed by atoms with Crippen molar-refractivity contribution in [2.24, 2.45) is 0 Å². The number of hydrogen-bond donors (Lipinski definition) is 1. The van der Waals surface area contributed by atoms with Crippen molar-refractivity contribution in [2.45, 2.75) is 33.7 Å². The number of hydrogen-bond acceptors (Lipinski definition) is 1. The van der Waals surface area contributed by atoms with Crippen LogP contribution in [0.2, 0.25) is 0 Å². The molecule has 0 aliphatic carbocycles. The normalized spacial score (nSPS) is 10.9. The molecular formula is C18H21F2N. The highest BCUT2D eigenvalue weighted by molar-refractivity contribution is 5.71. The first-order valence-corrected chi connectivity index (χ1v) is 7.29. The molecule has 0 saturated carbocycles. The van der Waals surface area contributed by atoms with Crippen LogP contribution >= 0.6 is 0 Å². The van der Waals surface area contributed by atoms with Crippen LogP contribution in [0.3, 0.4) is 0 Å². The molecular weight excluding hydrogens is 268 g/mol. The Labute approximate surface area is 125 Å². The minimum absolute atomic E-state index is 0.209. The summed E-state index contributed by atoms with van der Waals surface area (Å²) in [5.74, 6) is -0.444. The third kappa shape index (κ3) is 3.67. The lowest BCUT2D eigenvalue weighted by Gasteiger charge is -2.13. The largest absolute Gasteiger partial charge is 0.313 e. The second-order valence-electron chi connectivity index (χ2n) is 5.40. The van der Waals surface area contributed by atoms with Gasteiger partial charge >= 0.3 is 0 Å². The standard InChI is InChI=1S/C18H21F2N/c1-4-7-21-11-15-10-14(5-6-17(15)20)18-12(2)8-16(19)9-13(18)3/h5-6,8-10,21H,4,7,11H2,1-3H3. The molecule has 1 N–H and O–H groups in total. The van der Waals surface area contributed by atoms with Crippen molar-refractivity contribution in [3.8, 4) is 11.1 Å². The average Bonchev–Trinajstić information content (AvgIpc) is 2.41. The van der Waals surface area contributed by atoms with E-state index in [-0.39, 0.29) is 11.6 Å². The highest BCUT2D eigenvalue weighted by Gasteiger charge is 2.10. The van der Waals surface area contributed by atoms with Gasteiger partial charge in [-0.1, -0.05) is 13.0 Å². The number of aryl methyl sites for hydroxylation is 2. The van der Waals surface area contributed by atoms with E-state index in [2.05, 4.69) is 12.2 Å². The Morgan fingerprint density at radius 1 is 1.00 bits per heavy atom. The van der Waals surface area contributed by atoms with E-state index in [9.17, 15) is 8.78 Å². The number of halogens is 2. The van der Waals surface area contributed by atoms with Crippen LogP contribution in [0.25, 0.3) is 11.1 Å². The first kappa shape index (κ1) is 15.6. The van der Waals surface area contributed by atoms with E-state index >= 15 is 0 Å². The van der Waals surface area contributed by atoms with Crippen molar-refractivity contribution >= 4 is 0 Å². The fourth-order valence-corrected chi connectivity index (χ4v) is 2.63. The summed E-state index contributed by atoms with van der Waals surface area (Å²) in [5.41, 5.74) is 4.29. The zero-order chi connectivity index (χ0) is 15.4. The van der Waals surface area contributed by atoms with Gasteiger partial charge in [-0.15, -0.1) is 0 Å². The molecule has 21 heavy (non-hydrogen) atoms. The topological polar surface area (TPSA) is 12.0 Å². The lowest BCUT2D eigenvalue weighted by molar-refractivity contribution is 0.586. The molecule has 1 nitrogen and oxygen atoms in total. The molecule has 0 atom stereocenters. The molecule has 0 bridgehead atoms. The van der Waals surface area contributed by atoms with E-state index in [0.29, 0.717) is 12.1 Å². The minimum atomic E-state index is -0.235. The Balaban J connectivity index is 2.39. The molecule has 0 aromatic heterocycles. The summed E-state index contributed by atoms with van der Waals surface area (Å²) in [6, 6.07) is 8.12. The molecule has 2 aromatic rings. The molecule has 3 heteroatoms. The SMILES string of the molecule is CCCNCc1cc(-c2c(C)cc(F)cc2C)ccc1F. The van der Waals surface area contributed by atoms with Gasteiger partial charge in [-0.05, 0) is 73.3 Å². The molecule has 0 aliphatic rings. The fourth-order valence-electron chi connectivity index (χ4n) is 2.63. The van der Waals surface area contributed by atoms with Crippen LogP contribution in [0.15, 0.2) is 30.3 Å². The lowest BCUT2D eigenvalue weighted by Crippen LogP contribution is -2.14. The van der Waals surface area contributed by atoms with Gasteiger partial charge in [-0.3, -0.25) is 0 Å². The highest BCUT2D eigenvalue weighted by atomic mass is 19.1. The molecule has 0 radical (unpaired) electrons. The van der Waals surface area contributed by atoms with Gasteiger partial charge in [0.15, 0.2) is 0 Å². The van der Waals surface area contributed by atoms with Gasteiger partial charge < -0.3 is 5.32 Å². The van der Waals surface area contributed by atoms with Crippen molar-refractivity contribution in [1.29, 1.82) is 0 Å². The predicted octanol–water partition coefficient (Wildman–Crippen LogP) is 4.75. The fraction of sp³-hybridized carbons (Fsp3) is 0.333. The van der Waals surface area contributed by atoms with Gasteiger partial charge in [0, 0.05) is 12.1 Å². The average molecular weight is 289 g/mol. The molecule has 0 saturated heterocycles. The van der Waals surface area contributed by atoms with Crippen LogP contribution in [0.5, 0.6) is 0 Å². The maximum atomic E-state index is 13.9. The number of rotatable bonds is 5. The van der Waals surface area contributed by atoms with Crippen molar-refractivity contribution in [3.63, 3.8) is 0 Å². The van der Waals surface area contributed by atoms with Crippen LogP contribution in [-0.2, 0) is 6.54 Å². The first-order valence-electron chi connectivity index (χ1n) is 7.29. The predicted molar refractivity (Wildman–Crippen MR) is 83.3 cm³/mol. The third-order valence-corrected chi connectivity index (χ3v) is 3.57. The zero-order valence-corrected chi connectivity index (χ0v) is 12.8. The summed E-state index contributed by atoms with van der Waals surface area (Å²) in [4.78, 5) is 0. The maximum absolute atomic E-state index is 13.9. The first-order chi connectivity index (χ1) is 10.0. The lowest BCUT2D eigenvalue weighted by atomic mass is 9.94. The molecule has 2 rings (SSSR count). The summed E-state index contributed by atoms with van der Waals surface area (Å²) in [5, 5.41) is 3.21. The van der Waals surface area contributed by atoms with E-state index in [1.54, 1.807) is 6.07 Å². The van der Waals surface area contributed by atoms with Crippen molar-refractivity contribution in [1.82, 2.24) is 5.32 Å². The molecule has 0 fully saturated rings. The summed E-state index contributed by atoms with van der Waals surface area (Å²) in [6.07, 6.45) is 1.01. The van der Waals surface area contributed by atoms with Gasteiger partial charge in [0.2, 0.25) is 0 Å². The van der Waals surface area contributed by atoms with Crippen LogP contribution in [0.4, 0.5) is 8.78 Å². The summed E-state index contributed by atoms with van der Waals surface area (Å²) in [7, 11) is 0. The Morgan fingerprint density at radius 2 is 1.67 bits per heavy atom. The van der Waals surface area contributed by atoms with Gasteiger partial charge in [0.1, 0.15) is 11.6 Å². The molecule has 2 aromatic carbocycles. The van der Waals surface area contributed by atoms with Gasteiger partial charge in [0.25, 0.3) is 0 Å². The molecule has 0 aliphatic heterocycles. The Morgan fingerprint density at radius 3 is 2.29 bits per heavy atom. The van der Waals surface area contributed by atoms with Gasteiger partial charge in [-0.25, -0.2) is 8.78 Å². The third-order valence-electron chi connectivity index (χ3n) is 3.57. The van der Waals surface area contributed by atoms with Crippen LogP contribution in [-0.4, -0.2) is 6.54 Å². The molecule has 0 heterocycles. The van der Waals surface area contributed by atoms with E-state index in [4.69, 9.17) is 0 Å². The highest BCUT2D eigenvalue weighted by Crippen LogP contribution is 2.29. The van der Waals surface area contributed by atoms with Gasteiger partial charge in [0.05, 0.1) is 0 Å². The quantitative estimate of drug-likeness (QED) is 0.783. The van der Waals surface area contributed by atoms with Crippen LogP contribution in [0, 0.1) is 25.5 Å². The van der Waals surface area contributed by atoms with Crippen molar-refractivity contribution < 1.29 is 8.78 Å². The van der Waals surface area contributed by atoms with E-state index in [1.807, 2.05) is 19.9 Å². The minimum Gasteiger partial charge on any atom is -0.313 e. The smallest absolute Gasteiger partial charge is 0.127 e. The zero-order valence-electron chi connectivity index (χ0n) is 12.8. The van der Waals surface area contributed by atoms with Crippen molar-refractivity contribution in [2.75, 3.05) is 6.54 Å².